The lowest BCUT2D eigenvalue weighted by atomic mass is 10.3. The van der Waals surface area contributed by atoms with E-state index in [1.54, 1.807) is 14.0 Å². The van der Waals surface area contributed by atoms with Crippen LogP contribution in [0.4, 0.5) is 5.82 Å². The van der Waals surface area contributed by atoms with E-state index in [-0.39, 0.29) is 12.4 Å². The van der Waals surface area contributed by atoms with Crippen molar-refractivity contribution in [1.29, 1.82) is 0 Å². The Labute approximate surface area is 174 Å². The average Bonchev–Trinajstić information content (AvgIpc) is 3.01. The number of aryl methyl sites for hydroxylation is 1. The fraction of sp³-hybridized carbons (Fsp3) is 0.294. The summed E-state index contributed by atoms with van der Waals surface area (Å²) in [6, 6.07) is 5.82. The van der Waals surface area contributed by atoms with E-state index >= 15 is 0 Å². The van der Waals surface area contributed by atoms with Gasteiger partial charge in [0.2, 0.25) is 0 Å². The van der Waals surface area contributed by atoms with Crippen molar-refractivity contribution < 1.29 is 14.3 Å². The summed E-state index contributed by atoms with van der Waals surface area (Å²) in [4.78, 5) is 25.7. The summed E-state index contributed by atoms with van der Waals surface area (Å²) in [7, 11) is 1.63. The molecule has 0 bridgehead atoms. The van der Waals surface area contributed by atoms with Crippen molar-refractivity contribution >= 4 is 57.3 Å². The molecular formula is C17H18IN5O3S. The van der Waals surface area contributed by atoms with Crippen LogP contribution < -0.4 is 10.5 Å². The van der Waals surface area contributed by atoms with Crippen LogP contribution in [0.3, 0.4) is 0 Å². The van der Waals surface area contributed by atoms with Crippen molar-refractivity contribution in [2.45, 2.75) is 29.9 Å². The topological polar surface area (TPSA) is 105 Å². The molecule has 0 fully saturated rings. The maximum atomic E-state index is 11.8. The first-order valence-corrected chi connectivity index (χ1v) is 10.1. The van der Waals surface area contributed by atoms with Crippen molar-refractivity contribution in [3.8, 4) is 5.75 Å². The number of methoxy groups -OCH3 is 1. The summed E-state index contributed by atoms with van der Waals surface area (Å²) < 4.78 is 13.3. The SMILES string of the molecule is CCOC(=O)CCn1c(Sc2cc(OC)ccc2I)nc2c(N)ncnc21. The molecule has 0 unspecified atom stereocenters. The zero-order valence-electron chi connectivity index (χ0n) is 14.8. The van der Waals surface area contributed by atoms with Crippen LogP contribution in [0, 0.1) is 3.57 Å². The van der Waals surface area contributed by atoms with Crippen molar-refractivity contribution in [3.05, 3.63) is 28.1 Å². The largest absolute Gasteiger partial charge is 0.497 e. The number of hydrogen-bond acceptors (Lipinski definition) is 8. The number of aromatic nitrogens is 4. The van der Waals surface area contributed by atoms with Crippen LogP contribution in [0.15, 0.2) is 34.6 Å². The predicted molar refractivity (Wildman–Crippen MR) is 111 cm³/mol. The lowest BCUT2D eigenvalue weighted by Gasteiger charge is -2.10. The van der Waals surface area contributed by atoms with Crippen molar-refractivity contribution in [2.75, 3.05) is 19.5 Å². The second-order valence-electron chi connectivity index (χ2n) is 5.43. The van der Waals surface area contributed by atoms with Gasteiger partial charge < -0.3 is 19.8 Å². The number of hydrogen-bond donors (Lipinski definition) is 1. The molecule has 10 heteroatoms. The molecule has 0 saturated heterocycles. The van der Waals surface area contributed by atoms with Crippen LogP contribution in [0.5, 0.6) is 5.75 Å². The smallest absolute Gasteiger partial charge is 0.307 e. The van der Waals surface area contributed by atoms with Gasteiger partial charge in [-0.15, -0.1) is 0 Å². The molecule has 0 aliphatic heterocycles. The summed E-state index contributed by atoms with van der Waals surface area (Å²) >= 11 is 3.72. The molecule has 0 spiro atoms. The number of halogens is 1. The van der Waals surface area contributed by atoms with E-state index < -0.39 is 0 Å². The minimum absolute atomic E-state index is 0.214. The Hall–Kier alpha value is -2.08. The van der Waals surface area contributed by atoms with E-state index in [9.17, 15) is 4.79 Å². The monoisotopic (exact) mass is 499 g/mol. The number of imidazole rings is 1. The van der Waals surface area contributed by atoms with Gasteiger partial charge in [-0.1, -0.05) is 11.8 Å². The van der Waals surface area contributed by atoms with Crippen LogP contribution in [-0.2, 0) is 16.1 Å². The lowest BCUT2D eigenvalue weighted by molar-refractivity contribution is -0.143. The molecule has 0 amide bonds. The number of nitrogens with two attached hydrogens (primary N) is 1. The van der Waals surface area contributed by atoms with Gasteiger partial charge in [-0.2, -0.15) is 0 Å². The Bertz CT molecular complexity index is 979. The highest BCUT2D eigenvalue weighted by molar-refractivity contribution is 14.1. The Kier molecular flexibility index (Phi) is 6.37. The minimum Gasteiger partial charge on any atom is -0.497 e. The number of nitrogen functional groups attached to an aromatic ring is 1. The molecule has 0 aliphatic carbocycles. The molecule has 0 radical (unpaired) electrons. The van der Waals surface area contributed by atoms with Gasteiger partial charge in [-0.3, -0.25) is 4.79 Å². The number of ether oxygens (including phenoxy) is 2. The molecule has 0 saturated carbocycles. The number of rotatable bonds is 7. The number of nitrogens with zero attached hydrogens (tertiary/aromatic N) is 4. The second-order valence-corrected chi connectivity index (χ2v) is 7.60. The van der Waals surface area contributed by atoms with E-state index in [2.05, 4.69) is 37.5 Å². The molecule has 142 valence electrons. The van der Waals surface area contributed by atoms with Crippen LogP contribution >= 0.6 is 34.4 Å². The minimum atomic E-state index is -0.270. The highest BCUT2D eigenvalue weighted by atomic mass is 127. The number of benzene rings is 1. The third-order valence-corrected chi connectivity index (χ3v) is 6.07. The third kappa shape index (κ3) is 4.43. The standard InChI is InChI=1S/C17H18IN5O3S/c1-3-26-13(24)6-7-23-16-14(15(19)20-9-21-16)22-17(23)27-12-8-10(25-2)4-5-11(12)18/h4-5,8-9H,3,6-7H2,1-2H3,(H2,19,20,21). The highest BCUT2D eigenvalue weighted by Gasteiger charge is 2.18. The molecule has 2 aromatic heterocycles. The summed E-state index contributed by atoms with van der Waals surface area (Å²) in [6.45, 7) is 2.52. The zero-order chi connectivity index (χ0) is 19.4. The lowest BCUT2D eigenvalue weighted by Crippen LogP contribution is -2.10. The molecular weight excluding hydrogens is 481 g/mol. The van der Waals surface area contributed by atoms with Crippen LogP contribution in [0.25, 0.3) is 11.2 Å². The van der Waals surface area contributed by atoms with Crippen LogP contribution in [0.2, 0.25) is 0 Å². The van der Waals surface area contributed by atoms with E-state index in [0.29, 0.717) is 35.3 Å². The van der Waals surface area contributed by atoms with Crippen molar-refractivity contribution in [1.82, 2.24) is 19.5 Å². The molecule has 2 heterocycles. The second kappa shape index (κ2) is 8.74. The number of carbonyl (C=O) groups is 1. The molecule has 8 nitrogen and oxygen atoms in total. The van der Waals surface area contributed by atoms with E-state index in [1.807, 2.05) is 22.8 Å². The Balaban J connectivity index is 1.99. The molecule has 0 atom stereocenters. The maximum absolute atomic E-state index is 11.8. The van der Waals surface area contributed by atoms with Crippen LogP contribution in [0.1, 0.15) is 13.3 Å². The number of fused-ring (bicyclic) bond motifs is 1. The van der Waals surface area contributed by atoms with E-state index in [1.165, 1.54) is 18.1 Å². The molecule has 0 aliphatic rings. The maximum Gasteiger partial charge on any atom is 0.307 e. The fourth-order valence-corrected chi connectivity index (χ4v) is 4.06. The summed E-state index contributed by atoms with van der Waals surface area (Å²) in [5.74, 6) is 0.789. The van der Waals surface area contributed by atoms with Gasteiger partial charge in [0, 0.05) is 15.0 Å². The Morgan fingerprint density at radius 1 is 1.37 bits per heavy atom. The van der Waals surface area contributed by atoms with Crippen LogP contribution in [-0.4, -0.2) is 39.2 Å². The van der Waals surface area contributed by atoms with Gasteiger partial charge in [0.1, 0.15) is 12.1 Å². The predicted octanol–water partition coefficient (Wildman–Crippen LogP) is 3.13. The van der Waals surface area contributed by atoms with Crippen molar-refractivity contribution in [3.63, 3.8) is 0 Å². The molecule has 3 aromatic rings. The first-order valence-electron chi connectivity index (χ1n) is 8.17. The first kappa shape index (κ1) is 19.7. The Morgan fingerprint density at radius 3 is 2.93 bits per heavy atom. The van der Waals surface area contributed by atoms with Crippen molar-refractivity contribution in [2.24, 2.45) is 0 Å². The van der Waals surface area contributed by atoms with Gasteiger partial charge in [-0.25, -0.2) is 15.0 Å². The van der Waals surface area contributed by atoms with E-state index in [4.69, 9.17) is 15.2 Å². The first-order chi connectivity index (χ1) is 13.0. The normalized spacial score (nSPS) is 10.9. The quantitative estimate of drug-likeness (QED) is 0.391. The summed E-state index contributed by atoms with van der Waals surface area (Å²) in [5, 5.41) is 0.674. The molecule has 3 rings (SSSR count). The van der Waals surface area contributed by atoms with Gasteiger partial charge in [-0.05, 0) is 47.7 Å². The summed E-state index contributed by atoms with van der Waals surface area (Å²) in [6.07, 6.45) is 1.61. The summed E-state index contributed by atoms with van der Waals surface area (Å²) in [5.41, 5.74) is 7.07. The number of esters is 1. The van der Waals surface area contributed by atoms with Gasteiger partial charge in [0.25, 0.3) is 0 Å². The third-order valence-electron chi connectivity index (χ3n) is 3.71. The van der Waals surface area contributed by atoms with Gasteiger partial charge >= 0.3 is 5.97 Å². The highest BCUT2D eigenvalue weighted by Crippen LogP contribution is 2.35. The molecule has 2 N–H and O–H groups in total. The number of carbonyl (C=O) groups excluding carboxylic acids is 1. The molecule has 1 aromatic carbocycles. The fourth-order valence-electron chi connectivity index (χ4n) is 2.44. The number of anilines is 1. The van der Waals surface area contributed by atoms with Gasteiger partial charge in [0.05, 0.1) is 20.1 Å². The van der Waals surface area contributed by atoms with Gasteiger partial charge in [0.15, 0.2) is 22.1 Å². The zero-order valence-corrected chi connectivity index (χ0v) is 17.8. The Morgan fingerprint density at radius 2 is 2.19 bits per heavy atom. The van der Waals surface area contributed by atoms with E-state index in [0.717, 1.165) is 14.2 Å². The average molecular weight is 499 g/mol. The molecule has 27 heavy (non-hydrogen) atoms.